The minimum Gasteiger partial charge on any atom is -0.388 e. The second-order valence-electron chi connectivity index (χ2n) is 13.4. The maximum absolute atomic E-state index is 12.7. The third-order valence-corrected chi connectivity index (χ3v) is 11.3. The molecule has 0 aliphatic heterocycles. The summed E-state index contributed by atoms with van der Waals surface area (Å²) in [5, 5.41) is 29.9. The summed E-state index contributed by atoms with van der Waals surface area (Å²) in [4.78, 5) is 37.7. The van der Waals surface area contributed by atoms with Crippen LogP contribution >= 0.6 is 23.5 Å². The molecule has 0 spiro atoms. The second-order valence-corrected chi connectivity index (χ2v) is 15.6. The van der Waals surface area contributed by atoms with Gasteiger partial charge in [-0.25, -0.2) is 9.13 Å². The highest BCUT2D eigenvalue weighted by Crippen LogP contribution is 2.25. The van der Waals surface area contributed by atoms with Crippen molar-refractivity contribution in [1.29, 1.82) is 5.41 Å². The fourth-order valence-electron chi connectivity index (χ4n) is 6.33. The maximum Gasteiger partial charge on any atom is 0.323 e. The fourth-order valence-corrected chi connectivity index (χ4v) is 8.27. The van der Waals surface area contributed by atoms with Gasteiger partial charge < -0.3 is 30.9 Å². The highest BCUT2D eigenvalue weighted by Gasteiger charge is 2.20. The Morgan fingerprint density at radius 1 is 0.684 bits per heavy atom. The molecule has 0 atom stereocenters. The van der Waals surface area contributed by atoms with Gasteiger partial charge >= 0.3 is 11.6 Å². The lowest BCUT2D eigenvalue weighted by Gasteiger charge is -2.09. The van der Waals surface area contributed by atoms with Crippen molar-refractivity contribution in [2.24, 2.45) is 5.73 Å². The van der Waals surface area contributed by atoms with Crippen LogP contribution in [0, 0.1) is 32.6 Å². The summed E-state index contributed by atoms with van der Waals surface area (Å²) in [5.74, 6) is 3.25. The Balaban J connectivity index is 0.000000242. The smallest absolute Gasteiger partial charge is 0.323 e. The van der Waals surface area contributed by atoms with E-state index in [0.29, 0.717) is 31.0 Å². The number of benzene rings is 3. The Bertz CT molecular complexity index is 2290. The van der Waals surface area contributed by atoms with Crippen molar-refractivity contribution < 1.29 is 9.85 Å². The molecule has 57 heavy (non-hydrogen) atoms. The molecule has 0 aliphatic rings. The summed E-state index contributed by atoms with van der Waals surface area (Å²) >= 11 is 3.33. The molecule has 14 heteroatoms. The van der Waals surface area contributed by atoms with Crippen molar-refractivity contribution in [2.75, 3.05) is 11.5 Å². The van der Waals surface area contributed by atoms with Gasteiger partial charge in [0.15, 0.2) is 0 Å². The summed E-state index contributed by atoms with van der Waals surface area (Å²) in [6.07, 6.45) is 2.83. The molecule has 296 valence electrons. The molecule has 12 nitrogen and oxygen atoms in total. The molecule has 4 N–H and O–H groups in total. The van der Waals surface area contributed by atoms with Gasteiger partial charge in [0.2, 0.25) is 0 Å². The molecule has 0 fully saturated rings. The molecule has 6 rings (SSSR count). The maximum atomic E-state index is 12.7. The third kappa shape index (κ3) is 12.8. The molecular formula is C43H47N7O5S2. The molecule has 3 aromatic carbocycles. The van der Waals surface area contributed by atoms with Crippen molar-refractivity contribution in [3.05, 3.63) is 197 Å². The summed E-state index contributed by atoms with van der Waals surface area (Å²) in [5.41, 5.74) is 13.2. The van der Waals surface area contributed by atoms with Crippen LogP contribution in [0.4, 0.5) is 11.6 Å². The Hall–Kier alpha value is -5.86. The number of pyridine rings is 1. The second kappa shape index (κ2) is 21.4. The average Bonchev–Trinajstić information content (AvgIpc) is 3.79. The van der Waals surface area contributed by atoms with Crippen LogP contribution in [0.5, 0.6) is 0 Å². The number of aryl methyl sites for hydroxylation is 3. The minimum absolute atomic E-state index is 0.00621. The van der Waals surface area contributed by atoms with Gasteiger partial charge in [0.25, 0.3) is 5.56 Å². The van der Waals surface area contributed by atoms with Gasteiger partial charge in [-0.15, -0.1) is 0 Å². The van der Waals surface area contributed by atoms with Crippen molar-refractivity contribution in [3.8, 4) is 0 Å². The average molecular weight is 806 g/mol. The lowest BCUT2D eigenvalue weighted by atomic mass is 10.0. The zero-order valence-electron chi connectivity index (χ0n) is 31.8. The number of nitrogens with one attached hydrogen (secondary N) is 2. The Kier molecular flexibility index (Phi) is 15.9. The van der Waals surface area contributed by atoms with E-state index in [2.05, 4.69) is 23.2 Å². The molecule has 0 unspecified atom stereocenters. The number of nitrogens with two attached hydrogens (primary N) is 1. The van der Waals surface area contributed by atoms with E-state index in [1.807, 2.05) is 91.9 Å². The molecule has 0 bridgehead atoms. The first-order valence-electron chi connectivity index (χ1n) is 18.6. The highest BCUT2D eigenvalue weighted by atomic mass is 32.2. The summed E-state index contributed by atoms with van der Waals surface area (Å²) < 4.78 is 3.51. The number of aromatic amines is 1. The number of H-pyrrole nitrogens is 1. The van der Waals surface area contributed by atoms with Crippen LogP contribution in [0.3, 0.4) is 0 Å². The molecule has 3 heterocycles. The van der Waals surface area contributed by atoms with Crippen LogP contribution in [-0.4, -0.2) is 41.3 Å². The predicted molar refractivity (Wildman–Crippen MR) is 231 cm³/mol. The molecule has 0 aliphatic carbocycles. The Labute approximate surface area is 340 Å². The monoisotopic (exact) mass is 805 g/mol. The van der Waals surface area contributed by atoms with E-state index in [0.717, 1.165) is 70.1 Å². The number of thioether (sulfide) groups is 2. The molecule has 0 radical (unpaired) electrons. The van der Waals surface area contributed by atoms with Gasteiger partial charge in [0.05, 0.1) is 17.3 Å². The first-order chi connectivity index (χ1) is 27.6. The number of amidine groups is 1. The first-order valence-corrected chi connectivity index (χ1v) is 20.9. The normalized spacial score (nSPS) is 10.8. The van der Waals surface area contributed by atoms with E-state index in [1.165, 1.54) is 5.56 Å². The zero-order chi connectivity index (χ0) is 40.6. The predicted octanol–water partition coefficient (Wildman–Crippen LogP) is 8.71. The Morgan fingerprint density at radius 2 is 1.16 bits per heavy atom. The van der Waals surface area contributed by atoms with Gasteiger partial charge in [-0.05, 0) is 82.2 Å². The van der Waals surface area contributed by atoms with E-state index in [9.17, 15) is 25.0 Å². The molecule has 0 amide bonds. The van der Waals surface area contributed by atoms with Crippen LogP contribution in [-0.2, 0) is 43.9 Å². The van der Waals surface area contributed by atoms with E-state index < -0.39 is 0 Å². The number of aromatic nitrogens is 3. The standard InChI is InChI=1S/C28H29N3O3S.C15H18N4O2S/c1-21-18-24(29-28(32)26(21)14-12-22-8-4-2-5-9-22)16-17-35-20-25-13-15-27(31(33)34)30(25)19-23-10-6-3-7-11-23;16-14(17)8-9-22-11-13-6-7-15(19(20)21)18(13)10-12-4-2-1-3-5-12/h2-11,13,15,18H,12,14,16-17,19-20H2,1H3,(H,29,32);1-7H,8-11H2,(H3,16,17). The van der Waals surface area contributed by atoms with Gasteiger partial charge in [-0.3, -0.25) is 10.2 Å². The van der Waals surface area contributed by atoms with Gasteiger partial charge in [0.1, 0.15) is 24.5 Å². The SMILES string of the molecule is Cc1cc(CCSCc2ccc([N+](=O)[O-])n2Cc2ccccc2)[nH]c(=O)c1CCc1ccccc1.N=C(N)CCSCc1ccc([N+](=O)[O-])n1Cc1ccccc1. The lowest BCUT2D eigenvalue weighted by Crippen LogP contribution is -2.17. The molecule has 0 saturated heterocycles. The van der Waals surface area contributed by atoms with Crippen molar-refractivity contribution in [2.45, 2.75) is 57.2 Å². The van der Waals surface area contributed by atoms with Gasteiger partial charge in [-0.1, -0.05) is 91.0 Å². The van der Waals surface area contributed by atoms with E-state index in [1.54, 1.807) is 50.9 Å². The van der Waals surface area contributed by atoms with Crippen molar-refractivity contribution in [1.82, 2.24) is 14.1 Å². The largest absolute Gasteiger partial charge is 0.388 e. The van der Waals surface area contributed by atoms with Crippen LogP contribution in [0.2, 0.25) is 0 Å². The molecule has 6 aromatic rings. The lowest BCUT2D eigenvalue weighted by molar-refractivity contribution is -0.392. The number of nitrogens with zero attached hydrogens (tertiary/aromatic N) is 4. The van der Waals surface area contributed by atoms with Crippen LogP contribution in [0.1, 0.15) is 51.3 Å². The number of hydrogen-bond donors (Lipinski definition) is 3. The zero-order valence-corrected chi connectivity index (χ0v) is 33.5. The minimum atomic E-state index is -0.354. The third-order valence-electron chi connectivity index (χ3n) is 9.29. The molecule has 3 aromatic heterocycles. The number of rotatable bonds is 19. The summed E-state index contributed by atoms with van der Waals surface area (Å²) in [7, 11) is 0. The Morgan fingerprint density at radius 3 is 1.61 bits per heavy atom. The number of nitro groups is 2. The molecular weight excluding hydrogens is 759 g/mol. The fraction of sp³-hybridized carbons (Fsp3) is 0.256. The van der Waals surface area contributed by atoms with Crippen LogP contribution < -0.4 is 11.3 Å². The van der Waals surface area contributed by atoms with E-state index >= 15 is 0 Å². The van der Waals surface area contributed by atoms with Gasteiger partial charge in [-0.2, -0.15) is 23.5 Å². The van der Waals surface area contributed by atoms with Crippen molar-refractivity contribution in [3.63, 3.8) is 0 Å². The first kappa shape index (κ1) is 42.3. The topological polar surface area (TPSA) is 179 Å². The summed E-state index contributed by atoms with van der Waals surface area (Å²) in [6, 6.07) is 38.5. The summed E-state index contributed by atoms with van der Waals surface area (Å²) in [6.45, 7) is 2.95. The van der Waals surface area contributed by atoms with Gasteiger partial charge in [0, 0.05) is 35.6 Å². The van der Waals surface area contributed by atoms with E-state index in [4.69, 9.17) is 11.1 Å². The van der Waals surface area contributed by atoms with Crippen molar-refractivity contribution >= 4 is 41.0 Å². The van der Waals surface area contributed by atoms with Crippen LogP contribution in [0.25, 0.3) is 0 Å². The van der Waals surface area contributed by atoms with Crippen LogP contribution in [0.15, 0.2) is 126 Å². The molecule has 0 saturated carbocycles. The highest BCUT2D eigenvalue weighted by molar-refractivity contribution is 7.98. The van der Waals surface area contributed by atoms with E-state index in [-0.39, 0.29) is 32.9 Å². The quantitative estimate of drug-likeness (QED) is 0.0239. The number of hydrogen-bond acceptors (Lipinski definition) is 8.